The maximum atomic E-state index is 9.39. The summed E-state index contributed by atoms with van der Waals surface area (Å²) in [6.07, 6.45) is 2.44. The summed E-state index contributed by atoms with van der Waals surface area (Å²) in [4.78, 5) is 0. The van der Waals surface area contributed by atoms with E-state index in [-0.39, 0.29) is 13.2 Å². The lowest BCUT2D eigenvalue weighted by Crippen LogP contribution is -2.31. The quantitative estimate of drug-likeness (QED) is 0.730. The van der Waals surface area contributed by atoms with E-state index in [4.69, 9.17) is 4.74 Å². The van der Waals surface area contributed by atoms with Gasteiger partial charge in [0.05, 0.1) is 19.8 Å². The van der Waals surface area contributed by atoms with Gasteiger partial charge in [0.25, 0.3) is 0 Å². The molecule has 0 saturated carbocycles. The van der Waals surface area contributed by atoms with Gasteiger partial charge in [-0.25, -0.2) is 0 Å². The molecule has 0 aliphatic heterocycles. The van der Waals surface area contributed by atoms with Crippen molar-refractivity contribution >= 4 is 0 Å². The third kappa shape index (κ3) is 4.36. The van der Waals surface area contributed by atoms with Gasteiger partial charge >= 0.3 is 0 Å². The molecule has 3 heteroatoms. The summed E-state index contributed by atoms with van der Waals surface area (Å²) < 4.78 is 5.59. The smallest absolute Gasteiger partial charge is 0.119 e. The lowest BCUT2D eigenvalue weighted by Gasteiger charge is -2.29. The molecule has 0 radical (unpaired) electrons. The molecule has 0 heterocycles. The van der Waals surface area contributed by atoms with E-state index in [1.54, 1.807) is 0 Å². The van der Waals surface area contributed by atoms with Gasteiger partial charge in [0.2, 0.25) is 0 Å². The van der Waals surface area contributed by atoms with Crippen LogP contribution in [0.2, 0.25) is 0 Å². The van der Waals surface area contributed by atoms with Crippen LogP contribution in [0.5, 0.6) is 5.75 Å². The molecule has 17 heavy (non-hydrogen) atoms. The highest BCUT2D eigenvalue weighted by molar-refractivity contribution is 5.20. The molecule has 1 aromatic rings. The number of rotatable bonds is 8. The fraction of sp³-hybridized carbons (Fsp3) is 0.571. The molecule has 0 bridgehead atoms. The molecule has 1 aromatic carbocycles. The van der Waals surface area contributed by atoms with E-state index in [0.29, 0.717) is 13.0 Å². The third-order valence-corrected chi connectivity index (χ3v) is 3.10. The Morgan fingerprint density at radius 1 is 1.06 bits per heavy atom. The Balaban J connectivity index is 2.42. The molecule has 0 atom stereocenters. The average molecular weight is 238 g/mol. The van der Waals surface area contributed by atoms with Crippen LogP contribution in [0.15, 0.2) is 30.3 Å². The number of hydrogen-bond acceptors (Lipinski definition) is 3. The van der Waals surface area contributed by atoms with Crippen molar-refractivity contribution in [3.63, 3.8) is 0 Å². The van der Waals surface area contributed by atoms with E-state index in [0.717, 1.165) is 18.6 Å². The van der Waals surface area contributed by atoms with Gasteiger partial charge in [-0.3, -0.25) is 0 Å². The van der Waals surface area contributed by atoms with Crippen molar-refractivity contribution < 1.29 is 14.9 Å². The SMILES string of the molecule is CCCC(CO)(CO)CCOc1ccccc1. The maximum Gasteiger partial charge on any atom is 0.119 e. The maximum absolute atomic E-state index is 9.39. The molecule has 96 valence electrons. The number of hydrogen-bond donors (Lipinski definition) is 2. The molecule has 0 spiro atoms. The molecular weight excluding hydrogens is 216 g/mol. The molecule has 0 amide bonds. The fourth-order valence-electron chi connectivity index (χ4n) is 1.92. The van der Waals surface area contributed by atoms with Crippen LogP contribution in [0.25, 0.3) is 0 Å². The van der Waals surface area contributed by atoms with Crippen molar-refractivity contribution in [3.05, 3.63) is 30.3 Å². The first-order valence-electron chi connectivity index (χ1n) is 6.16. The summed E-state index contributed by atoms with van der Waals surface area (Å²) in [7, 11) is 0. The standard InChI is InChI=1S/C14H22O3/c1-2-8-14(11-15,12-16)9-10-17-13-6-4-3-5-7-13/h3-7,15-16H,2,8-12H2,1H3. The van der Waals surface area contributed by atoms with Crippen LogP contribution in [0, 0.1) is 5.41 Å². The van der Waals surface area contributed by atoms with Crippen molar-refractivity contribution in [2.75, 3.05) is 19.8 Å². The third-order valence-electron chi connectivity index (χ3n) is 3.10. The molecular formula is C14H22O3. The van der Waals surface area contributed by atoms with Crippen LogP contribution in [0.3, 0.4) is 0 Å². The van der Waals surface area contributed by atoms with Crippen molar-refractivity contribution in [2.45, 2.75) is 26.2 Å². The molecule has 1 rings (SSSR count). The Kier molecular flexibility index (Phi) is 6.01. The van der Waals surface area contributed by atoms with Gasteiger partial charge in [0.1, 0.15) is 5.75 Å². The molecule has 0 aliphatic carbocycles. The van der Waals surface area contributed by atoms with Gasteiger partial charge in [-0.15, -0.1) is 0 Å². The minimum Gasteiger partial charge on any atom is -0.494 e. The second kappa shape index (κ2) is 7.30. The van der Waals surface area contributed by atoms with E-state index in [1.807, 2.05) is 30.3 Å². The molecule has 3 nitrogen and oxygen atoms in total. The lowest BCUT2D eigenvalue weighted by atomic mass is 9.82. The van der Waals surface area contributed by atoms with Crippen molar-refractivity contribution in [3.8, 4) is 5.75 Å². The Bertz CT molecular complexity index is 294. The highest BCUT2D eigenvalue weighted by atomic mass is 16.5. The largest absolute Gasteiger partial charge is 0.494 e. The Morgan fingerprint density at radius 2 is 1.71 bits per heavy atom. The number of benzene rings is 1. The number of aliphatic hydroxyl groups excluding tert-OH is 2. The summed E-state index contributed by atoms with van der Waals surface area (Å²) in [5.41, 5.74) is -0.399. The highest BCUT2D eigenvalue weighted by Gasteiger charge is 2.27. The van der Waals surface area contributed by atoms with Crippen molar-refractivity contribution in [1.82, 2.24) is 0 Å². The van der Waals surface area contributed by atoms with Crippen molar-refractivity contribution in [2.24, 2.45) is 5.41 Å². The molecule has 0 aliphatic rings. The van der Waals surface area contributed by atoms with Crippen LogP contribution < -0.4 is 4.74 Å². The lowest BCUT2D eigenvalue weighted by molar-refractivity contribution is 0.0280. The Labute approximate surface area is 103 Å². The second-order valence-electron chi connectivity index (χ2n) is 4.48. The molecule has 2 N–H and O–H groups in total. The normalized spacial score (nSPS) is 11.5. The number of aliphatic hydroxyl groups is 2. The molecule has 0 aromatic heterocycles. The molecule has 0 fully saturated rings. The van der Waals surface area contributed by atoms with Gasteiger partial charge < -0.3 is 14.9 Å². The van der Waals surface area contributed by atoms with Crippen molar-refractivity contribution in [1.29, 1.82) is 0 Å². The monoisotopic (exact) mass is 238 g/mol. The van der Waals surface area contributed by atoms with E-state index in [9.17, 15) is 10.2 Å². The first-order chi connectivity index (χ1) is 8.26. The Hall–Kier alpha value is -1.06. The van der Waals surface area contributed by atoms with Crippen LogP contribution in [-0.4, -0.2) is 30.0 Å². The first kappa shape index (κ1) is 14.0. The first-order valence-corrected chi connectivity index (χ1v) is 6.16. The van der Waals surface area contributed by atoms with Crippen LogP contribution >= 0.6 is 0 Å². The van der Waals surface area contributed by atoms with Gasteiger partial charge in [0, 0.05) is 5.41 Å². The van der Waals surface area contributed by atoms with Gasteiger partial charge in [0.15, 0.2) is 0 Å². The minimum atomic E-state index is -0.399. The minimum absolute atomic E-state index is 0.00941. The highest BCUT2D eigenvalue weighted by Crippen LogP contribution is 2.27. The van der Waals surface area contributed by atoms with Crippen LogP contribution in [-0.2, 0) is 0 Å². The predicted molar refractivity (Wildman–Crippen MR) is 68.1 cm³/mol. The van der Waals surface area contributed by atoms with E-state index < -0.39 is 5.41 Å². The summed E-state index contributed by atoms with van der Waals surface area (Å²) in [6.45, 7) is 2.59. The summed E-state index contributed by atoms with van der Waals surface area (Å²) in [5.74, 6) is 0.828. The zero-order valence-electron chi connectivity index (χ0n) is 10.4. The van der Waals surface area contributed by atoms with Crippen LogP contribution in [0.4, 0.5) is 0 Å². The predicted octanol–water partition coefficient (Wildman–Crippen LogP) is 2.23. The van der Waals surface area contributed by atoms with Gasteiger partial charge in [-0.1, -0.05) is 31.5 Å². The molecule has 0 saturated heterocycles. The summed E-state index contributed by atoms with van der Waals surface area (Å²) in [5, 5.41) is 18.8. The van der Waals surface area contributed by atoms with E-state index in [2.05, 4.69) is 6.92 Å². The zero-order chi connectivity index (χ0) is 12.6. The zero-order valence-corrected chi connectivity index (χ0v) is 10.4. The van der Waals surface area contributed by atoms with Gasteiger partial charge in [-0.2, -0.15) is 0 Å². The molecule has 0 unspecified atom stereocenters. The van der Waals surface area contributed by atoms with E-state index >= 15 is 0 Å². The van der Waals surface area contributed by atoms with Crippen LogP contribution in [0.1, 0.15) is 26.2 Å². The second-order valence-corrected chi connectivity index (χ2v) is 4.48. The topological polar surface area (TPSA) is 49.7 Å². The van der Waals surface area contributed by atoms with Gasteiger partial charge in [-0.05, 0) is 25.0 Å². The van der Waals surface area contributed by atoms with E-state index in [1.165, 1.54) is 0 Å². The summed E-state index contributed by atoms with van der Waals surface area (Å²) in [6, 6.07) is 9.59. The Morgan fingerprint density at radius 3 is 2.24 bits per heavy atom. The summed E-state index contributed by atoms with van der Waals surface area (Å²) >= 11 is 0. The average Bonchev–Trinajstić information content (AvgIpc) is 2.39. The number of para-hydroxylation sites is 1. The number of ether oxygens (including phenoxy) is 1. The fourth-order valence-corrected chi connectivity index (χ4v) is 1.92.